The molecular formula is C20H32N2O2. The molecule has 1 fully saturated rings. The molecule has 1 aromatic rings. The third-order valence-electron chi connectivity index (χ3n) is 5.02. The van der Waals surface area contributed by atoms with Gasteiger partial charge in [0.2, 0.25) is 0 Å². The molecule has 1 saturated heterocycles. The summed E-state index contributed by atoms with van der Waals surface area (Å²) in [6, 6.07) is 7.96. The summed E-state index contributed by atoms with van der Waals surface area (Å²) in [4.78, 5) is 14.6. The number of nitrogens with zero attached hydrogens (tertiary/aromatic N) is 1. The Kier molecular flexibility index (Phi) is 6.41. The molecule has 0 aliphatic carbocycles. The van der Waals surface area contributed by atoms with Crippen LogP contribution in [0.3, 0.4) is 0 Å². The maximum absolute atomic E-state index is 12.7. The summed E-state index contributed by atoms with van der Waals surface area (Å²) >= 11 is 0. The molecular weight excluding hydrogens is 300 g/mol. The topological polar surface area (TPSA) is 52.6 Å². The molecule has 0 bridgehead atoms. The van der Waals surface area contributed by atoms with Gasteiger partial charge in [-0.05, 0) is 48.9 Å². The number of aliphatic hydroxyl groups is 1. The number of hydrogen-bond donors (Lipinski definition) is 2. The summed E-state index contributed by atoms with van der Waals surface area (Å²) in [6.07, 6.45) is 1.60. The molecule has 2 rings (SSSR count). The van der Waals surface area contributed by atoms with Gasteiger partial charge in [-0.3, -0.25) is 4.79 Å². The molecule has 0 atom stereocenters. The van der Waals surface area contributed by atoms with Crippen molar-refractivity contribution in [1.82, 2.24) is 10.2 Å². The number of benzene rings is 1. The Morgan fingerprint density at radius 3 is 2.21 bits per heavy atom. The number of rotatable bonds is 6. The van der Waals surface area contributed by atoms with Gasteiger partial charge in [0.15, 0.2) is 0 Å². The van der Waals surface area contributed by atoms with E-state index in [2.05, 4.69) is 33.0 Å². The number of hydrogen-bond acceptors (Lipinski definition) is 3. The minimum Gasteiger partial charge on any atom is -0.394 e. The van der Waals surface area contributed by atoms with Crippen molar-refractivity contribution in [2.75, 3.05) is 26.2 Å². The van der Waals surface area contributed by atoms with Crippen molar-refractivity contribution in [3.63, 3.8) is 0 Å². The van der Waals surface area contributed by atoms with Crippen LogP contribution in [0.4, 0.5) is 0 Å². The average molecular weight is 332 g/mol. The molecule has 0 spiro atoms. The Balaban J connectivity index is 1.96. The molecule has 2 N–H and O–H groups in total. The summed E-state index contributed by atoms with van der Waals surface area (Å²) in [7, 11) is 0. The summed E-state index contributed by atoms with van der Waals surface area (Å²) in [6.45, 7) is 11.0. The highest BCUT2D eigenvalue weighted by atomic mass is 16.3. The van der Waals surface area contributed by atoms with Crippen LogP contribution in [0, 0.1) is 5.92 Å². The van der Waals surface area contributed by atoms with Gasteiger partial charge in [0.25, 0.3) is 5.91 Å². The summed E-state index contributed by atoms with van der Waals surface area (Å²) in [5.74, 6) is 1.12. The van der Waals surface area contributed by atoms with Crippen LogP contribution < -0.4 is 5.32 Å². The van der Waals surface area contributed by atoms with Gasteiger partial charge in [-0.1, -0.05) is 39.8 Å². The zero-order chi connectivity index (χ0) is 17.7. The van der Waals surface area contributed by atoms with Crippen molar-refractivity contribution in [3.05, 3.63) is 35.4 Å². The second-order valence-electron chi connectivity index (χ2n) is 7.78. The fourth-order valence-electron chi connectivity index (χ4n) is 3.14. The van der Waals surface area contributed by atoms with Crippen LogP contribution in [0.5, 0.6) is 0 Å². The zero-order valence-electron chi connectivity index (χ0n) is 15.5. The first-order valence-electron chi connectivity index (χ1n) is 9.12. The summed E-state index contributed by atoms with van der Waals surface area (Å²) in [5.41, 5.74) is 1.77. The lowest BCUT2D eigenvalue weighted by atomic mass is 9.87. The fourth-order valence-corrected chi connectivity index (χ4v) is 3.14. The molecule has 134 valence electrons. The Morgan fingerprint density at radius 1 is 1.17 bits per heavy atom. The molecule has 1 aliphatic rings. The first-order valence-corrected chi connectivity index (χ1v) is 9.12. The monoisotopic (exact) mass is 332 g/mol. The third kappa shape index (κ3) is 4.58. The Labute approximate surface area is 146 Å². The van der Waals surface area contributed by atoms with Crippen molar-refractivity contribution >= 4 is 5.91 Å². The van der Waals surface area contributed by atoms with E-state index >= 15 is 0 Å². The zero-order valence-corrected chi connectivity index (χ0v) is 15.5. The average Bonchev–Trinajstić information content (AvgIpc) is 2.60. The molecule has 1 heterocycles. The number of likely N-dealkylation sites (tertiary alicyclic amines) is 1. The van der Waals surface area contributed by atoms with Crippen molar-refractivity contribution in [2.45, 2.75) is 52.0 Å². The molecule has 0 unspecified atom stereocenters. The van der Waals surface area contributed by atoms with Gasteiger partial charge in [-0.25, -0.2) is 0 Å². The number of amides is 1. The van der Waals surface area contributed by atoms with Crippen LogP contribution in [0.25, 0.3) is 0 Å². The number of carbonyl (C=O) groups excluding carboxylic acids is 1. The lowest BCUT2D eigenvalue weighted by Crippen LogP contribution is -2.57. The van der Waals surface area contributed by atoms with Crippen LogP contribution in [-0.4, -0.2) is 47.7 Å². The molecule has 0 radical (unpaired) electrons. The van der Waals surface area contributed by atoms with Gasteiger partial charge in [-0.15, -0.1) is 0 Å². The van der Waals surface area contributed by atoms with Gasteiger partial charge in [0, 0.05) is 24.2 Å². The predicted octanol–water partition coefficient (Wildman–Crippen LogP) is 3.02. The number of aliphatic hydroxyl groups excluding tert-OH is 1. The second-order valence-corrected chi connectivity index (χ2v) is 7.78. The smallest absolute Gasteiger partial charge is 0.253 e. The van der Waals surface area contributed by atoms with E-state index in [9.17, 15) is 9.90 Å². The number of carbonyl (C=O) groups is 1. The van der Waals surface area contributed by atoms with Crippen molar-refractivity contribution in [3.8, 4) is 0 Å². The third-order valence-corrected chi connectivity index (χ3v) is 5.02. The maximum Gasteiger partial charge on any atom is 0.253 e. The minimum absolute atomic E-state index is 0.0979. The largest absolute Gasteiger partial charge is 0.394 e. The minimum atomic E-state index is -0.234. The first kappa shape index (κ1) is 18.9. The van der Waals surface area contributed by atoms with E-state index in [1.165, 1.54) is 5.56 Å². The van der Waals surface area contributed by atoms with Crippen molar-refractivity contribution in [1.29, 1.82) is 0 Å². The van der Waals surface area contributed by atoms with E-state index in [-0.39, 0.29) is 18.1 Å². The molecule has 0 aromatic heterocycles. The lowest BCUT2D eigenvalue weighted by molar-refractivity contribution is 0.0524. The van der Waals surface area contributed by atoms with E-state index in [0.717, 1.165) is 24.9 Å². The van der Waals surface area contributed by atoms with Gasteiger partial charge < -0.3 is 15.3 Å². The molecule has 1 aliphatic heterocycles. The van der Waals surface area contributed by atoms with E-state index in [0.29, 0.717) is 24.9 Å². The maximum atomic E-state index is 12.7. The first-order chi connectivity index (χ1) is 11.4. The number of piperidine rings is 1. The van der Waals surface area contributed by atoms with Gasteiger partial charge in [0.1, 0.15) is 0 Å². The molecule has 1 amide bonds. The van der Waals surface area contributed by atoms with Gasteiger partial charge in [-0.2, -0.15) is 0 Å². The Morgan fingerprint density at radius 2 is 1.75 bits per heavy atom. The molecule has 24 heavy (non-hydrogen) atoms. The van der Waals surface area contributed by atoms with E-state index in [4.69, 9.17) is 0 Å². The van der Waals surface area contributed by atoms with Crippen LogP contribution >= 0.6 is 0 Å². The normalized spacial score (nSPS) is 17.5. The molecule has 1 aromatic carbocycles. The Hall–Kier alpha value is -1.39. The molecule has 0 saturated carbocycles. The lowest BCUT2D eigenvalue weighted by Gasteiger charge is -2.42. The van der Waals surface area contributed by atoms with Crippen molar-refractivity contribution in [2.24, 2.45) is 5.92 Å². The summed E-state index contributed by atoms with van der Waals surface area (Å²) < 4.78 is 0. The van der Waals surface area contributed by atoms with Crippen LogP contribution in [0.2, 0.25) is 0 Å². The van der Waals surface area contributed by atoms with Gasteiger partial charge >= 0.3 is 0 Å². The Bertz CT molecular complexity index is 529. The molecule has 4 heteroatoms. The van der Waals surface area contributed by atoms with Crippen LogP contribution in [0.15, 0.2) is 24.3 Å². The van der Waals surface area contributed by atoms with E-state index in [1.807, 2.05) is 29.2 Å². The van der Waals surface area contributed by atoms with E-state index in [1.54, 1.807) is 0 Å². The highest BCUT2D eigenvalue weighted by molar-refractivity contribution is 5.94. The van der Waals surface area contributed by atoms with Crippen LogP contribution in [-0.2, 0) is 0 Å². The van der Waals surface area contributed by atoms with Crippen LogP contribution in [0.1, 0.15) is 62.4 Å². The summed E-state index contributed by atoms with van der Waals surface area (Å²) in [5, 5.41) is 13.3. The molecule has 4 nitrogen and oxygen atoms in total. The SMILES string of the molecule is CC(C)CNC1(CO)CCN(C(=O)c2ccc(C(C)C)cc2)CC1. The second kappa shape index (κ2) is 8.13. The van der Waals surface area contributed by atoms with E-state index < -0.39 is 0 Å². The standard InChI is InChI=1S/C20H32N2O2/c1-15(2)13-21-20(14-23)9-11-22(12-10-20)19(24)18-7-5-17(6-8-18)16(3)4/h5-8,15-16,21,23H,9-14H2,1-4H3. The highest BCUT2D eigenvalue weighted by Crippen LogP contribution is 2.24. The van der Waals surface area contributed by atoms with Gasteiger partial charge in [0.05, 0.1) is 6.61 Å². The predicted molar refractivity (Wildman–Crippen MR) is 98.3 cm³/mol. The highest BCUT2D eigenvalue weighted by Gasteiger charge is 2.35. The van der Waals surface area contributed by atoms with Crippen molar-refractivity contribution < 1.29 is 9.90 Å². The fraction of sp³-hybridized carbons (Fsp3) is 0.650. The number of nitrogens with one attached hydrogen (secondary N) is 1. The quantitative estimate of drug-likeness (QED) is 0.842.